The van der Waals surface area contributed by atoms with E-state index in [4.69, 9.17) is 9.47 Å². The number of hydrogen-bond acceptors (Lipinski definition) is 5. The Morgan fingerprint density at radius 1 is 1.03 bits per heavy atom. The van der Waals surface area contributed by atoms with Crippen LogP contribution in [-0.2, 0) is 0 Å². The Kier molecular flexibility index (Phi) is 7.40. The van der Waals surface area contributed by atoms with E-state index in [1.54, 1.807) is 13.3 Å². The molecule has 0 atom stereocenters. The first-order valence-electron chi connectivity index (χ1n) is 11.5. The highest BCUT2D eigenvalue weighted by Crippen LogP contribution is 2.25. The normalized spacial score (nSPS) is 11.6. The number of ether oxygens (including phenoxy) is 2. The summed E-state index contributed by atoms with van der Waals surface area (Å²) in [4.78, 5) is 20.5. The largest absolute Gasteiger partial charge is 0.497 e. The summed E-state index contributed by atoms with van der Waals surface area (Å²) in [7, 11) is 1.61. The van der Waals surface area contributed by atoms with E-state index in [1.165, 1.54) is 43.1 Å². The van der Waals surface area contributed by atoms with Crippen LogP contribution in [0.25, 0.3) is 21.9 Å². The van der Waals surface area contributed by atoms with Crippen molar-refractivity contribution >= 4 is 28.2 Å². The molecule has 2 aromatic heterocycles. The van der Waals surface area contributed by atoms with E-state index < -0.39 is 0 Å². The van der Waals surface area contributed by atoms with Crippen molar-refractivity contribution in [2.45, 2.75) is 45.4 Å². The first-order chi connectivity index (χ1) is 16.2. The second-order valence-electron chi connectivity index (χ2n) is 8.08. The fourth-order valence-electron chi connectivity index (χ4n) is 3.79. The van der Waals surface area contributed by atoms with Crippen molar-refractivity contribution in [2.24, 2.45) is 5.10 Å². The van der Waals surface area contributed by atoms with Crippen LogP contribution in [-0.4, -0.2) is 34.6 Å². The quantitative estimate of drug-likeness (QED) is 0.243. The standard InChI is InChI=1S/C26H30N4O3/c1-3-4-5-6-7-8-15-33-20-11-9-19(10-12-20)17-28-30-18-27-24-22-16-21(32-2)13-14-23(22)29-25(24)26(30)31/h9-14,16-18,29H,3-8,15H2,1-2H3/b28-17+. The highest BCUT2D eigenvalue weighted by molar-refractivity contribution is 6.04. The van der Waals surface area contributed by atoms with Crippen LogP contribution in [0.4, 0.5) is 0 Å². The Bertz CT molecular complexity index is 1290. The van der Waals surface area contributed by atoms with Crippen molar-refractivity contribution in [1.29, 1.82) is 0 Å². The third-order valence-corrected chi connectivity index (χ3v) is 5.67. The number of H-pyrrole nitrogens is 1. The third-order valence-electron chi connectivity index (χ3n) is 5.67. The van der Waals surface area contributed by atoms with Gasteiger partial charge in [-0.25, -0.2) is 4.98 Å². The smallest absolute Gasteiger partial charge is 0.298 e. The molecule has 0 radical (unpaired) electrons. The second-order valence-corrected chi connectivity index (χ2v) is 8.08. The van der Waals surface area contributed by atoms with Gasteiger partial charge in [0.25, 0.3) is 5.56 Å². The fourth-order valence-corrected chi connectivity index (χ4v) is 3.79. The van der Waals surface area contributed by atoms with Crippen LogP contribution >= 0.6 is 0 Å². The lowest BCUT2D eigenvalue weighted by Gasteiger charge is -2.06. The molecule has 0 aliphatic heterocycles. The molecule has 7 heteroatoms. The first kappa shape index (κ1) is 22.6. The van der Waals surface area contributed by atoms with Crippen LogP contribution in [0.5, 0.6) is 11.5 Å². The van der Waals surface area contributed by atoms with E-state index in [1.807, 2.05) is 42.5 Å². The maximum atomic E-state index is 12.9. The van der Waals surface area contributed by atoms with Crippen molar-refractivity contribution in [3.05, 3.63) is 64.7 Å². The Balaban J connectivity index is 1.40. The van der Waals surface area contributed by atoms with Crippen LogP contribution in [0.3, 0.4) is 0 Å². The summed E-state index contributed by atoms with van der Waals surface area (Å²) >= 11 is 0. The Morgan fingerprint density at radius 3 is 2.58 bits per heavy atom. The summed E-state index contributed by atoms with van der Waals surface area (Å²) in [6, 6.07) is 13.3. The van der Waals surface area contributed by atoms with E-state index in [0.717, 1.165) is 35.2 Å². The molecule has 0 unspecified atom stereocenters. The number of nitrogens with one attached hydrogen (secondary N) is 1. The van der Waals surface area contributed by atoms with Crippen LogP contribution in [0.2, 0.25) is 0 Å². The summed E-state index contributed by atoms with van der Waals surface area (Å²) in [5.41, 5.74) is 2.46. The Labute approximate surface area is 193 Å². The summed E-state index contributed by atoms with van der Waals surface area (Å²) in [5.74, 6) is 1.56. The number of nitrogens with zero attached hydrogens (tertiary/aromatic N) is 3. The number of aromatic amines is 1. The topological polar surface area (TPSA) is 81.5 Å². The fraction of sp³-hybridized carbons (Fsp3) is 0.346. The molecule has 0 bridgehead atoms. The van der Waals surface area contributed by atoms with Gasteiger partial charge < -0.3 is 14.5 Å². The third kappa shape index (κ3) is 5.42. The van der Waals surface area contributed by atoms with Gasteiger partial charge in [0.2, 0.25) is 0 Å². The second kappa shape index (κ2) is 10.8. The predicted molar refractivity (Wildman–Crippen MR) is 133 cm³/mol. The molecule has 0 amide bonds. The van der Waals surface area contributed by atoms with E-state index in [2.05, 4.69) is 22.0 Å². The van der Waals surface area contributed by atoms with Crippen molar-refractivity contribution in [1.82, 2.24) is 14.6 Å². The molecule has 33 heavy (non-hydrogen) atoms. The zero-order chi connectivity index (χ0) is 23.0. The Hall–Kier alpha value is -3.61. The van der Waals surface area contributed by atoms with Gasteiger partial charge in [0.05, 0.1) is 19.9 Å². The molecule has 0 aliphatic carbocycles. The molecule has 7 nitrogen and oxygen atoms in total. The molecule has 1 N–H and O–H groups in total. The van der Waals surface area contributed by atoms with E-state index in [-0.39, 0.29) is 5.56 Å². The molecule has 4 aromatic rings. The number of methoxy groups -OCH3 is 1. The van der Waals surface area contributed by atoms with Crippen LogP contribution in [0, 0.1) is 0 Å². The lowest BCUT2D eigenvalue weighted by molar-refractivity contribution is 0.304. The highest BCUT2D eigenvalue weighted by Gasteiger charge is 2.11. The van der Waals surface area contributed by atoms with Crippen molar-refractivity contribution in [3.63, 3.8) is 0 Å². The molecule has 0 spiro atoms. The summed E-state index contributed by atoms with van der Waals surface area (Å²) in [5, 5.41) is 5.14. The van der Waals surface area contributed by atoms with Gasteiger partial charge in [-0.05, 0) is 54.4 Å². The van der Waals surface area contributed by atoms with Gasteiger partial charge in [-0.1, -0.05) is 39.0 Å². The van der Waals surface area contributed by atoms with Gasteiger partial charge in [-0.15, -0.1) is 0 Å². The zero-order valence-corrected chi connectivity index (χ0v) is 19.2. The first-order valence-corrected chi connectivity index (χ1v) is 11.5. The van der Waals surface area contributed by atoms with Gasteiger partial charge in [0, 0.05) is 10.9 Å². The molecule has 0 saturated heterocycles. The van der Waals surface area contributed by atoms with Crippen molar-refractivity contribution in [2.75, 3.05) is 13.7 Å². The van der Waals surface area contributed by atoms with Gasteiger partial charge in [0.1, 0.15) is 28.9 Å². The molecule has 2 heterocycles. The highest BCUT2D eigenvalue weighted by atomic mass is 16.5. The number of aromatic nitrogens is 3. The minimum absolute atomic E-state index is 0.259. The lowest BCUT2D eigenvalue weighted by Crippen LogP contribution is -2.17. The predicted octanol–water partition coefficient (Wildman–Crippen LogP) is 5.51. The van der Waals surface area contributed by atoms with Crippen LogP contribution < -0.4 is 15.0 Å². The molecular formula is C26H30N4O3. The van der Waals surface area contributed by atoms with Crippen LogP contribution in [0.1, 0.15) is 51.0 Å². The number of rotatable bonds is 11. The number of fused-ring (bicyclic) bond motifs is 3. The molecular weight excluding hydrogens is 416 g/mol. The molecule has 0 aliphatic rings. The number of benzene rings is 2. The van der Waals surface area contributed by atoms with Gasteiger partial charge >= 0.3 is 0 Å². The summed E-state index contributed by atoms with van der Waals surface area (Å²) in [6.45, 7) is 2.96. The molecule has 2 aromatic carbocycles. The monoisotopic (exact) mass is 446 g/mol. The minimum Gasteiger partial charge on any atom is -0.497 e. The average molecular weight is 447 g/mol. The zero-order valence-electron chi connectivity index (χ0n) is 19.2. The molecule has 172 valence electrons. The number of unbranched alkanes of at least 4 members (excludes halogenated alkanes) is 5. The van der Waals surface area contributed by atoms with E-state index in [9.17, 15) is 4.79 Å². The van der Waals surface area contributed by atoms with Crippen molar-refractivity contribution in [3.8, 4) is 11.5 Å². The SMILES string of the molecule is CCCCCCCCOc1ccc(/C=N/n2cnc3c([nH]c4ccc(OC)cc43)c2=O)cc1. The summed E-state index contributed by atoms with van der Waals surface area (Å²) in [6.07, 6.45) is 10.5. The molecule has 4 rings (SSSR count). The van der Waals surface area contributed by atoms with Gasteiger partial charge in [0.15, 0.2) is 0 Å². The van der Waals surface area contributed by atoms with E-state index >= 15 is 0 Å². The summed E-state index contributed by atoms with van der Waals surface area (Å²) < 4.78 is 12.3. The van der Waals surface area contributed by atoms with E-state index in [0.29, 0.717) is 16.8 Å². The average Bonchev–Trinajstić information content (AvgIpc) is 3.22. The minimum atomic E-state index is -0.259. The van der Waals surface area contributed by atoms with Gasteiger partial charge in [-0.3, -0.25) is 4.79 Å². The maximum Gasteiger partial charge on any atom is 0.298 e. The van der Waals surface area contributed by atoms with Crippen LogP contribution in [0.15, 0.2) is 58.7 Å². The maximum absolute atomic E-state index is 12.9. The molecule has 0 saturated carbocycles. The number of hydrogen-bond donors (Lipinski definition) is 1. The molecule has 0 fully saturated rings. The Morgan fingerprint density at radius 2 is 1.79 bits per heavy atom. The van der Waals surface area contributed by atoms with Gasteiger partial charge in [-0.2, -0.15) is 9.78 Å². The van der Waals surface area contributed by atoms with Crippen molar-refractivity contribution < 1.29 is 9.47 Å². The lowest BCUT2D eigenvalue weighted by atomic mass is 10.1.